The number of nitrogen functional groups attached to an aromatic ring is 2. The third kappa shape index (κ3) is 3.36. The summed E-state index contributed by atoms with van der Waals surface area (Å²) in [5.74, 6) is 10.4. The van der Waals surface area contributed by atoms with Gasteiger partial charge in [0, 0.05) is 11.1 Å². The lowest BCUT2D eigenvalue weighted by Crippen LogP contribution is -2.30. The van der Waals surface area contributed by atoms with Gasteiger partial charge in [0.15, 0.2) is 0 Å². The van der Waals surface area contributed by atoms with Gasteiger partial charge in [-0.2, -0.15) is 0 Å². The third-order valence-corrected chi connectivity index (χ3v) is 6.25. The zero-order valence-electron chi connectivity index (χ0n) is 19.4. The summed E-state index contributed by atoms with van der Waals surface area (Å²) in [6.07, 6.45) is 0. The first kappa shape index (κ1) is 22.0. The lowest BCUT2D eigenvalue weighted by molar-refractivity contribution is 0.0947. The van der Waals surface area contributed by atoms with Gasteiger partial charge in [0.1, 0.15) is 0 Å². The minimum atomic E-state index is -0.346. The summed E-state index contributed by atoms with van der Waals surface area (Å²) in [6.45, 7) is 12.7. The highest BCUT2D eigenvalue weighted by Crippen LogP contribution is 2.42. The van der Waals surface area contributed by atoms with Crippen LogP contribution in [-0.4, -0.2) is 11.8 Å². The Balaban J connectivity index is 2.32. The molecular weight excluding hydrogens is 400 g/mol. The Morgan fingerprint density at radius 2 is 0.969 bits per heavy atom. The van der Waals surface area contributed by atoms with Crippen molar-refractivity contribution in [2.24, 2.45) is 11.7 Å². The van der Waals surface area contributed by atoms with E-state index in [1.165, 1.54) is 0 Å². The van der Waals surface area contributed by atoms with Crippen molar-refractivity contribution in [1.82, 2.24) is 10.9 Å². The molecule has 4 aromatic rings. The summed E-state index contributed by atoms with van der Waals surface area (Å²) >= 11 is 0. The highest BCUT2D eigenvalue weighted by atomic mass is 16.2. The van der Waals surface area contributed by atoms with E-state index < -0.39 is 0 Å². The lowest BCUT2D eigenvalue weighted by atomic mass is 9.79. The molecule has 0 radical (unpaired) electrons. The van der Waals surface area contributed by atoms with Crippen LogP contribution in [0.4, 0.5) is 0 Å². The van der Waals surface area contributed by atoms with Crippen molar-refractivity contribution in [3.63, 3.8) is 0 Å². The Morgan fingerprint density at radius 1 is 0.625 bits per heavy atom. The van der Waals surface area contributed by atoms with Crippen LogP contribution in [-0.2, 0) is 10.8 Å². The van der Waals surface area contributed by atoms with Gasteiger partial charge >= 0.3 is 0 Å². The van der Waals surface area contributed by atoms with Crippen molar-refractivity contribution in [2.75, 3.05) is 0 Å². The van der Waals surface area contributed by atoms with Crippen molar-refractivity contribution in [3.8, 4) is 0 Å². The number of hydrogen-bond acceptors (Lipinski definition) is 4. The Kier molecular flexibility index (Phi) is 4.91. The van der Waals surface area contributed by atoms with Crippen molar-refractivity contribution in [3.05, 3.63) is 58.7 Å². The van der Waals surface area contributed by atoms with Crippen LogP contribution in [0.5, 0.6) is 0 Å². The zero-order valence-corrected chi connectivity index (χ0v) is 19.4. The zero-order chi connectivity index (χ0) is 23.6. The first-order valence-corrected chi connectivity index (χ1v) is 10.7. The Labute approximate surface area is 187 Å². The molecule has 0 aliphatic heterocycles. The predicted molar refractivity (Wildman–Crippen MR) is 131 cm³/mol. The number of hydrogen-bond donors (Lipinski definition) is 4. The van der Waals surface area contributed by atoms with Crippen molar-refractivity contribution in [2.45, 2.75) is 52.4 Å². The van der Waals surface area contributed by atoms with E-state index in [1.807, 2.05) is 12.1 Å². The van der Waals surface area contributed by atoms with Gasteiger partial charge in [0.25, 0.3) is 11.8 Å². The fourth-order valence-electron chi connectivity index (χ4n) is 4.40. The van der Waals surface area contributed by atoms with Crippen LogP contribution < -0.4 is 22.5 Å². The van der Waals surface area contributed by atoms with E-state index in [-0.39, 0.29) is 22.6 Å². The minimum absolute atomic E-state index is 0.156. The van der Waals surface area contributed by atoms with E-state index in [0.29, 0.717) is 11.1 Å². The maximum Gasteiger partial charge on any atom is 0.265 e. The van der Waals surface area contributed by atoms with Gasteiger partial charge in [-0.15, -0.1) is 0 Å². The monoisotopic (exact) mass is 430 g/mol. The highest BCUT2D eigenvalue weighted by Gasteiger charge is 2.25. The standard InChI is InChI=1S/C26H30N4O2/c1-25(2,3)15-7-13-9-20(24(32)30-28)18-12-16(26(4,5)6)8-14-10-19(23(31)29-27)17(11-15)21(13)22(14)18/h7-12H,27-28H2,1-6H3,(H,29,31)(H,30,32). The maximum atomic E-state index is 12.8. The van der Waals surface area contributed by atoms with Gasteiger partial charge in [-0.25, -0.2) is 11.7 Å². The molecule has 0 heterocycles. The molecule has 0 unspecified atom stereocenters. The second-order valence-corrected chi connectivity index (χ2v) is 10.5. The number of nitrogens with one attached hydrogen (secondary N) is 2. The van der Waals surface area contributed by atoms with E-state index in [9.17, 15) is 9.59 Å². The number of hydrazine groups is 2. The number of nitrogens with two attached hydrogens (primary N) is 2. The van der Waals surface area contributed by atoms with Crippen LogP contribution in [0.25, 0.3) is 32.3 Å². The molecule has 166 valence electrons. The van der Waals surface area contributed by atoms with Gasteiger partial charge < -0.3 is 0 Å². The number of amides is 2. The molecule has 0 bridgehead atoms. The van der Waals surface area contributed by atoms with Crippen LogP contribution in [0.2, 0.25) is 0 Å². The topological polar surface area (TPSA) is 110 Å². The lowest BCUT2D eigenvalue weighted by Gasteiger charge is -2.25. The summed E-state index contributed by atoms with van der Waals surface area (Å²) in [5, 5.41) is 5.29. The summed E-state index contributed by atoms with van der Waals surface area (Å²) < 4.78 is 0. The van der Waals surface area contributed by atoms with Gasteiger partial charge in [-0.1, -0.05) is 53.7 Å². The summed E-state index contributed by atoms with van der Waals surface area (Å²) in [4.78, 5) is 25.6. The first-order valence-electron chi connectivity index (χ1n) is 10.7. The maximum absolute atomic E-state index is 12.8. The molecule has 32 heavy (non-hydrogen) atoms. The Morgan fingerprint density at radius 3 is 1.25 bits per heavy atom. The summed E-state index contributed by atoms with van der Waals surface area (Å²) in [6, 6.07) is 12.1. The highest BCUT2D eigenvalue weighted by molar-refractivity contribution is 6.30. The van der Waals surface area contributed by atoms with Crippen LogP contribution in [0, 0.1) is 0 Å². The molecule has 0 saturated carbocycles. The van der Waals surface area contributed by atoms with E-state index in [1.54, 1.807) is 0 Å². The average molecular weight is 431 g/mol. The average Bonchev–Trinajstić information content (AvgIpc) is 2.73. The van der Waals surface area contributed by atoms with Crippen molar-refractivity contribution < 1.29 is 9.59 Å². The number of carbonyl (C=O) groups is 2. The van der Waals surface area contributed by atoms with E-state index in [4.69, 9.17) is 11.7 Å². The van der Waals surface area contributed by atoms with Gasteiger partial charge in [-0.3, -0.25) is 20.4 Å². The minimum Gasteiger partial charge on any atom is -0.290 e. The molecule has 2 amide bonds. The van der Waals surface area contributed by atoms with Crippen LogP contribution >= 0.6 is 0 Å². The molecule has 0 fully saturated rings. The van der Waals surface area contributed by atoms with Crippen LogP contribution in [0.1, 0.15) is 73.4 Å². The first-order chi connectivity index (χ1) is 14.9. The molecule has 4 rings (SSSR count). The predicted octanol–water partition coefficient (Wildman–Crippen LogP) is 4.39. The van der Waals surface area contributed by atoms with E-state index in [2.05, 4.69) is 76.7 Å². The molecule has 0 aliphatic rings. The molecule has 0 spiro atoms. The number of carbonyl (C=O) groups excluding carboxylic acids is 2. The molecule has 0 atom stereocenters. The second-order valence-electron chi connectivity index (χ2n) is 10.5. The van der Waals surface area contributed by atoms with Gasteiger partial charge in [0.05, 0.1) is 0 Å². The molecular formula is C26H30N4O2. The van der Waals surface area contributed by atoms with Crippen molar-refractivity contribution in [1.29, 1.82) is 0 Å². The Hall–Kier alpha value is -3.22. The normalized spacial score (nSPS) is 12.6. The van der Waals surface area contributed by atoms with Crippen LogP contribution in [0.15, 0.2) is 36.4 Å². The van der Waals surface area contributed by atoms with Crippen LogP contribution in [0.3, 0.4) is 0 Å². The quantitative estimate of drug-likeness (QED) is 0.164. The smallest absolute Gasteiger partial charge is 0.265 e. The molecule has 6 heteroatoms. The van der Waals surface area contributed by atoms with Gasteiger partial charge in [0.2, 0.25) is 0 Å². The second kappa shape index (κ2) is 7.15. The van der Waals surface area contributed by atoms with E-state index >= 15 is 0 Å². The third-order valence-electron chi connectivity index (χ3n) is 6.25. The molecule has 6 nitrogen and oxygen atoms in total. The largest absolute Gasteiger partial charge is 0.290 e. The summed E-state index contributed by atoms with van der Waals surface area (Å²) in [5.41, 5.74) is 7.42. The SMILES string of the molecule is CC(C)(C)c1cc2cc(C(=O)NN)c3cc(C(C)(C)C)cc4cc(C(=O)NN)c(c1)c2c43. The fourth-order valence-corrected chi connectivity index (χ4v) is 4.40. The fraction of sp³-hybridized carbons (Fsp3) is 0.308. The molecule has 6 N–H and O–H groups in total. The van der Waals surface area contributed by atoms with Gasteiger partial charge in [-0.05, 0) is 78.5 Å². The summed E-state index contributed by atoms with van der Waals surface area (Å²) in [7, 11) is 0. The molecule has 0 saturated heterocycles. The Bertz CT molecular complexity index is 1280. The molecule has 4 aromatic carbocycles. The van der Waals surface area contributed by atoms with E-state index in [0.717, 1.165) is 43.4 Å². The van der Waals surface area contributed by atoms with Crippen molar-refractivity contribution >= 4 is 44.1 Å². The number of benzene rings is 4. The molecule has 0 aromatic heterocycles. The number of rotatable bonds is 2. The molecule has 0 aliphatic carbocycles.